The van der Waals surface area contributed by atoms with E-state index >= 15 is 0 Å². The Morgan fingerprint density at radius 3 is 1.74 bits per heavy atom. The summed E-state index contributed by atoms with van der Waals surface area (Å²) in [5.74, 6) is 0. The van der Waals surface area contributed by atoms with Gasteiger partial charge in [0.25, 0.3) is 0 Å². The fraction of sp³-hybridized carbons (Fsp3) is 0.0196. The van der Waals surface area contributed by atoms with Crippen LogP contribution >= 0.6 is 0 Å². The Morgan fingerprint density at radius 1 is 0.404 bits per heavy atom. The molecule has 6 nitrogen and oxygen atoms in total. The zero-order chi connectivity index (χ0) is 37.5. The average molecular weight is 729 g/mol. The van der Waals surface area contributed by atoms with Crippen LogP contribution in [-0.2, 0) is 5.41 Å². The Labute approximate surface area is 328 Å². The molecule has 0 radical (unpaired) electrons. The second-order valence-electron chi connectivity index (χ2n) is 14.7. The van der Waals surface area contributed by atoms with Gasteiger partial charge in [0.15, 0.2) is 0 Å². The second-order valence-corrected chi connectivity index (χ2v) is 14.7. The van der Waals surface area contributed by atoms with Crippen molar-refractivity contribution in [3.8, 4) is 33.6 Å². The van der Waals surface area contributed by atoms with Crippen LogP contribution in [0.5, 0.6) is 0 Å². The first-order valence-electron chi connectivity index (χ1n) is 19.2. The van der Waals surface area contributed by atoms with E-state index in [2.05, 4.69) is 165 Å². The molecule has 0 spiro atoms. The lowest BCUT2D eigenvalue weighted by Crippen LogP contribution is -2.31. The zero-order valence-corrected chi connectivity index (χ0v) is 30.7. The highest BCUT2D eigenvalue weighted by molar-refractivity contribution is 6.15. The van der Waals surface area contributed by atoms with E-state index in [4.69, 9.17) is 9.97 Å². The van der Waals surface area contributed by atoms with E-state index in [1.807, 2.05) is 49.2 Å². The molecule has 6 heterocycles. The lowest BCUT2D eigenvalue weighted by Gasteiger charge is -2.32. The van der Waals surface area contributed by atoms with E-state index in [9.17, 15) is 0 Å². The fourth-order valence-corrected chi connectivity index (χ4v) is 9.53. The summed E-state index contributed by atoms with van der Waals surface area (Å²) in [4.78, 5) is 19.2. The van der Waals surface area contributed by atoms with Crippen molar-refractivity contribution >= 4 is 43.7 Å². The van der Waals surface area contributed by atoms with Crippen molar-refractivity contribution in [2.75, 3.05) is 0 Å². The number of hydrogen-bond acceptors (Lipinski definition) is 4. The fourth-order valence-electron chi connectivity index (χ4n) is 9.53. The van der Waals surface area contributed by atoms with Gasteiger partial charge < -0.3 is 9.13 Å². The van der Waals surface area contributed by atoms with Gasteiger partial charge in [0, 0.05) is 58.5 Å². The zero-order valence-electron chi connectivity index (χ0n) is 30.7. The Hall–Kier alpha value is -7.70. The number of hydrogen-bond donors (Lipinski definition) is 0. The molecule has 0 N–H and O–H groups in total. The van der Waals surface area contributed by atoms with E-state index in [1.54, 1.807) is 0 Å². The molecular formula is C51H32N6. The van der Waals surface area contributed by atoms with Gasteiger partial charge >= 0.3 is 0 Å². The van der Waals surface area contributed by atoms with Crippen LogP contribution in [0, 0.1) is 0 Å². The predicted molar refractivity (Wildman–Crippen MR) is 229 cm³/mol. The molecule has 0 fully saturated rings. The average Bonchev–Trinajstić information content (AvgIpc) is 3.92. The van der Waals surface area contributed by atoms with Gasteiger partial charge in [-0.2, -0.15) is 0 Å². The second kappa shape index (κ2) is 12.2. The quantitative estimate of drug-likeness (QED) is 0.177. The molecule has 6 aromatic heterocycles. The molecule has 57 heavy (non-hydrogen) atoms. The number of fused-ring (bicyclic) bond motifs is 10. The Bertz CT molecular complexity index is 3240. The maximum atomic E-state index is 5.09. The third-order valence-electron chi connectivity index (χ3n) is 11.8. The van der Waals surface area contributed by atoms with Gasteiger partial charge in [0.2, 0.25) is 0 Å². The molecule has 0 saturated carbocycles. The molecule has 0 saturated heterocycles. The lowest BCUT2D eigenvalue weighted by molar-refractivity contribution is 0.711. The Balaban J connectivity index is 1.02. The third-order valence-corrected chi connectivity index (χ3v) is 11.8. The monoisotopic (exact) mass is 728 g/mol. The number of benzene rings is 5. The smallest absolute Gasteiger partial charge is 0.106 e. The molecular weight excluding hydrogens is 697 g/mol. The highest BCUT2D eigenvalue weighted by Crippen LogP contribution is 2.58. The van der Waals surface area contributed by atoms with Crippen molar-refractivity contribution < 1.29 is 0 Å². The summed E-state index contributed by atoms with van der Waals surface area (Å²) in [5, 5.41) is 3.46. The molecule has 0 bridgehead atoms. The summed E-state index contributed by atoms with van der Waals surface area (Å²) >= 11 is 0. The number of pyridine rings is 4. The van der Waals surface area contributed by atoms with Gasteiger partial charge in [-0.05, 0) is 112 Å². The third kappa shape index (κ3) is 4.41. The summed E-state index contributed by atoms with van der Waals surface area (Å²) in [6.45, 7) is 0. The van der Waals surface area contributed by atoms with Gasteiger partial charge in [0.05, 0.1) is 39.0 Å². The lowest BCUT2D eigenvalue weighted by atomic mass is 9.71. The predicted octanol–water partition coefficient (Wildman–Crippen LogP) is 11.5. The van der Waals surface area contributed by atoms with Gasteiger partial charge in [-0.15, -0.1) is 0 Å². The van der Waals surface area contributed by atoms with E-state index in [0.29, 0.717) is 0 Å². The van der Waals surface area contributed by atoms with Crippen LogP contribution < -0.4 is 0 Å². The minimum atomic E-state index is -0.717. The highest BCUT2D eigenvalue weighted by Gasteiger charge is 2.49. The van der Waals surface area contributed by atoms with Crippen LogP contribution in [0.25, 0.3) is 77.4 Å². The first-order valence-corrected chi connectivity index (χ1v) is 19.2. The van der Waals surface area contributed by atoms with Crippen molar-refractivity contribution in [1.29, 1.82) is 0 Å². The summed E-state index contributed by atoms with van der Waals surface area (Å²) < 4.78 is 4.67. The largest absolute Gasteiger partial charge is 0.309 e. The number of rotatable bonds is 5. The maximum absolute atomic E-state index is 5.09. The van der Waals surface area contributed by atoms with Crippen LogP contribution in [0.15, 0.2) is 195 Å². The van der Waals surface area contributed by atoms with Crippen molar-refractivity contribution in [1.82, 2.24) is 29.1 Å². The first kappa shape index (κ1) is 31.6. The molecule has 266 valence electrons. The number of aromatic nitrogens is 6. The minimum absolute atomic E-state index is 0.717. The van der Waals surface area contributed by atoms with Gasteiger partial charge in [-0.25, -0.2) is 0 Å². The molecule has 6 heteroatoms. The van der Waals surface area contributed by atoms with Crippen molar-refractivity contribution in [2.45, 2.75) is 5.41 Å². The van der Waals surface area contributed by atoms with Gasteiger partial charge in [-0.1, -0.05) is 84.9 Å². The van der Waals surface area contributed by atoms with Gasteiger partial charge in [0.1, 0.15) is 5.41 Å². The molecule has 0 aliphatic heterocycles. The standard InChI is InChI=1S/C51H32N6/c1-3-12-41-37(10-1)38-25-26-44-48(49(38)51(41,46-15-5-7-28-53-46)47-16-6-8-29-54-47)39-11-2-4-13-42(39)56(44)35-21-17-33(18-22-35)34-19-23-36(24-20-34)57-43-27-31-52-32-40(43)50-45(57)14-9-30-55-50/h1-32H. The maximum Gasteiger partial charge on any atom is 0.106 e. The molecule has 12 rings (SSSR count). The van der Waals surface area contributed by atoms with E-state index in [0.717, 1.165) is 66.9 Å². The molecule has 0 amide bonds. The van der Waals surface area contributed by atoms with Crippen LogP contribution in [0.2, 0.25) is 0 Å². The summed E-state index contributed by atoms with van der Waals surface area (Å²) in [5.41, 5.74) is 16.0. The number of para-hydroxylation sites is 1. The summed E-state index contributed by atoms with van der Waals surface area (Å²) in [7, 11) is 0. The van der Waals surface area contributed by atoms with E-state index in [1.165, 1.54) is 33.0 Å². The summed E-state index contributed by atoms with van der Waals surface area (Å²) in [6.07, 6.45) is 9.39. The van der Waals surface area contributed by atoms with Gasteiger partial charge in [-0.3, -0.25) is 19.9 Å². The number of nitrogens with zero attached hydrogens (tertiary/aromatic N) is 6. The van der Waals surface area contributed by atoms with Crippen LogP contribution in [0.4, 0.5) is 0 Å². The van der Waals surface area contributed by atoms with E-state index < -0.39 is 5.41 Å². The molecule has 1 aliphatic carbocycles. The van der Waals surface area contributed by atoms with E-state index in [-0.39, 0.29) is 0 Å². The topological polar surface area (TPSA) is 61.4 Å². The van der Waals surface area contributed by atoms with Crippen LogP contribution in [0.1, 0.15) is 22.5 Å². The SMILES string of the molecule is c1ccc(C2(c3ccccn3)c3ccccc3-c3ccc4c(c32)c2ccccc2n4-c2ccc(-c3ccc(-n4c5ccncc5c5ncccc54)cc3)cc2)nc1. The molecule has 11 aromatic rings. The Morgan fingerprint density at radius 2 is 1.02 bits per heavy atom. The van der Waals surface area contributed by atoms with Crippen molar-refractivity contribution in [2.24, 2.45) is 0 Å². The molecule has 0 unspecified atom stereocenters. The molecule has 0 atom stereocenters. The highest BCUT2D eigenvalue weighted by atomic mass is 15.0. The van der Waals surface area contributed by atoms with Crippen molar-refractivity contribution in [3.05, 3.63) is 217 Å². The summed E-state index contributed by atoms with van der Waals surface area (Å²) in [6, 6.07) is 58.5. The minimum Gasteiger partial charge on any atom is -0.309 e. The van der Waals surface area contributed by atoms with Crippen LogP contribution in [-0.4, -0.2) is 29.1 Å². The first-order chi connectivity index (χ1) is 28.3. The van der Waals surface area contributed by atoms with Crippen molar-refractivity contribution in [3.63, 3.8) is 0 Å². The molecule has 1 aliphatic rings. The normalized spacial score (nSPS) is 13.1. The Kier molecular flexibility index (Phi) is 6.74. The molecule has 5 aromatic carbocycles. The van der Waals surface area contributed by atoms with Crippen LogP contribution in [0.3, 0.4) is 0 Å².